The molecule has 0 unspecified atom stereocenters. The molecule has 0 radical (unpaired) electrons. The number of anilines is 1. The maximum atomic E-state index is 13.0. The first-order valence-corrected chi connectivity index (χ1v) is 11.0. The lowest BCUT2D eigenvalue weighted by molar-refractivity contribution is -0.120. The maximum absolute atomic E-state index is 13.0. The second-order valence-corrected chi connectivity index (χ2v) is 8.82. The second kappa shape index (κ2) is 9.67. The number of benzene rings is 2. The van der Waals surface area contributed by atoms with Crippen LogP contribution in [0.5, 0.6) is 0 Å². The molecular weight excluding hydrogens is 390 g/mol. The van der Waals surface area contributed by atoms with Crippen LogP contribution in [0.4, 0.5) is 5.69 Å². The minimum absolute atomic E-state index is 0.222. The quantitative estimate of drug-likeness (QED) is 0.556. The van der Waals surface area contributed by atoms with Crippen LogP contribution in [0.2, 0.25) is 0 Å². The molecule has 1 saturated heterocycles. The molecule has 1 aliphatic heterocycles. The summed E-state index contributed by atoms with van der Waals surface area (Å²) >= 11 is 0. The summed E-state index contributed by atoms with van der Waals surface area (Å²) in [5.74, 6) is -0.416. The predicted octanol–water partition coefficient (Wildman–Crippen LogP) is 3.16. The van der Waals surface area contributed by atoms with Crippen LogP contribution in [0.15, 0.2) is 58.6 Å². The largest absolute Gasteiger partial charge is 0.386 e. The van der Waals surface area contributed by atoms with Crippen molar-refractivity contribution in [3.8, 4) is 0 Å². The highest BCUT2D eigenvalue weighted by Crippen LogP contribution is 2.26. The van der Waals surface area contributed by atoms with Crippen molar-refractivity contribution in [1.29, 1.82) is 0 Å². The number of oxime groups is 1. The summed E-state index contributed by atoms with van der Waals surface area (Å²) in [6.45, 7) is 2.55. The molecule has 1 heterocycles. The van der Waals surface area contributed by atoms with Crippen molar-refractivity contribution in [2.45, 2.75) is 31.1 Å². The number of rotatable bonds is 7. The first kappa shape index (κ1) is 21.0. The Labute approximate surface area is 171 Å². The Morgan fingerprint density at radius 3 is 2.59 bits per heavy atom. The van der Waals surface area contributed by atoms with Crippen molar-refractivity contribution < 1.29 is 18.0 Å². The Kier molecular flexibility index (Phi) is 7.00. The Morgan fingerprint density at radius 1 is 1.14 bits per heavy atom. The van der Waals surface area contributed by atoms with Gasteiger partial charge in [0.2, 0.25) is 10.0 Å². The molecule has 0 saturated carbocycles. The van der Waals surface area contributed by atoms with Crippen LogP contribution in [-0.2, 0) is 19.7 Å². The van der Waals surface area contributed by atoms with Gasteiger partial charge in [0, 0.05) is 18.8 Å². The van der Waals surface area contributed by atoms with E-state index in [0.717, 1.165) is 24.8 Å². The van der Waals surface area contributed by atoms with Crippen molar-refractivity contribution in [3.05, 3.63) is 59.7 Å². The Hall–Kier alpha value is -2.71. The summed E-state index contributed by atoms with van der Waals surface area (Å²) in [5.41, 5.74) is 1.92. The molecule has 0 atom stereocenters. The fraction of sp³-hybridized carbons (Fsp3) is 0.333. The molecule has 1 aliphatic rings. The molecule has 1 fully saturated rings. The molecule has 2 aromatic carbocycles. The van der Waals surface area contributed by atoms with Crippen LogP contribution < -0.4 is 5.32 Å². The minimum Gasteiger partial charge on any atom is -0.386 e. The summed E-state index contributed by atoms with van der Waals surface area (Å²) in [7, 11) is -3.58. The van der Waals surface area contributed by atoms with Crippen LogP contribution >= 0.6 is 0 Å². The van der Waals surface area contributed by atoms with Crippen LogP contribution in [0, 0.1) is 6.92 Å². The van der Waals surface area contributed by atoms with Gasteiger partial charge < -0.3 is 10.2 Å². The molecule has 1 amide bonds. The molecule has 0 aliphatic carbocycles. The number of hydrogen-bond acceptors (Lipinski definition) is 5. The third kappa shape index (κ3) is 5.65. The Balaban J connectivity index is 1.61. The van der Waals surface area contributed by atoms with Gasteiger partial charge >= 0.3 is 0 Å². The number of amides is 1. The van der Waals surface area contributed by atoms with Crippen molar-refractivity contribution >= 4 is 27.8 Å². The summed E-state index contributed by atoms with van der Waals surface area (Å²) in [6.07, 6.45) is 4.31. The third-order valence-electron chi connectivity index (χ3n) is 4.68. The van der Waals surface area contributed by atoms with Gasteiger partial charge in [0.05, 0.1) is 11.1 Å². The number of nitrogens with one attached hydrogen (secondary N) is 1. The van der Waals surface area contributed by atoms with E-state index in [1.807, 2.05) is 30.3 Å². The van der Waals surface area contributed by atoms with Crippen molar-refractivity contribution in [3.63, 3.8) is 0 Å². The van der Waals surface area contributed by atoms with Crippen molar-refractivity contribution in [2.75, 3.05) is 25.0 Å². The maximum Gasteiger partial charge on any atom is 0.265 e. The average Bonchev–Trinajstić information content (AvgIpc) is 2.74. The lowest BCUT2D eigenvalue weighted by Gasteiger charge is -2.26. The highest BCUT2D eigenvalue weighted by molar-refractivity contribution is 7.89. The van der Waals surface area contributed by atoms with Gasteiger partial charge in [-0.2, -0.15) is 4.31 Å². The molecule has 8 heteroatoms. The van der Waals surface area contributed by atoms with Gasteiger partial charge in [0.25, 0.3) is 5.91 Å². The molecule has 154 valence electrons. The lowest BCUT2D eigenvalue weighted by Crippen LogP contribution is -2.36. The highest BCUT2D eigenvalue weighted by Gasteiger charge is 2.27. The number of sulfonamides is 1. The summed E-state index contributed by atoms with van der Waals surface area (Å²) in [5, 5.41) is 6.43. The van der Waals surface area contributed by atoms with Gasteiger partial charge in [-0.3, -0.25) is 4.79 Å². The fourth-order valence-electron chi connectivity index (χ4n) is 3.13. The van der Waals surface area contributed by atoms with E-state index in [9.17, 15) is 13.2 Å². The monoisotopic (exact) mass is 415 g/mol. The van der Waals surface area contributed by atoms with E-state index in [0.29, 0.717) is 24.3 Å². The molecule has 2 aromatic rings. The topological polar surface area (TPSA) is 88.1 Å². The summed E-state index contributed by atoms with van der Waals surface area (Å²) < 4.78 is 27.4. The summed E-state index contributed by atoms with van der Waals surface area (Å²) in [6, 6.07) is 14.3. The van der Waals surface area contributed by atoms with Crippen LogP contribution in [0.3, 0.4) is 0 Å². The molecule has 0 aromatic heterocycles. The summed E-state index contributed by atoms with van der Waals surface area (Å²) in [4.78, 5) is 17.3. The van der Waals surface area contributed by atoms with E-state index in [4.69, 9.17) is 4.84 Å². The van der Waals surface area contributed by atoms with E-state index in [1.54, 1.807) is 19.1 Å². The second-order valence-electron chi connectivity index (χ2n) is 6.91. The molecule has 1 N–H and O–H groups in total. The van der Waals surface area contributed by atoms with Crippen molar-refractivity contribution in [2.24, 2.45) is 5.16 Å². The molecule has 29 heavy (non-hydrogen) atoms. The Morgan fingerprint density at radius 2 is 1.86 bits per heavy atom. The van der Waals surface area contributed by atoms with Gasteiger partial charge in [0.1, 0.15) is 0 Å². The molecule has 3 rings (SSSR count). The Bertz CT molecular complexity index is 969. The van der Waals surface area contributed by atoms with Crippen LogP contribution in [0.1, 0.15) is 30.4 Å². The highest BCUT2D eigenvalue weighted by atomic mass is 32.2. The average molecular weight is 416 g/mol. The van der Waals surface area contributed by atoms with Crippen molar-refractivity contribution in [1.82, 2.24) is 4.31 Å². The lowest BCUT2D eigenvalue weighted by atomic mass is 10.2. The van der Waals surface area contributed by atoms with Gasteiger partial charge in [-0.1, -0.05) is 48.0 Å². The standard InChI is InChI=1S/C21H25N3O4S/c1-17-10-11-19(14-20(17)29(26,27)24-12-6-3-7-13-24)23-21(25)16-28-22-15-18-8-4-2-5-9-18/h2,4-5,8-11,14-15H,3,6-7,12-13,16H2,1H3,(H,23,25)/b22-15+. The van der Waals surface area contributed by atoms with E-state index in [-0.39, 0.29) is 11.5 Å². The number of hydrogen-bond donors (Lipinski definition) is 1. The van der Waals surface area contributed by atoms with E-state index < -0.39 is 15.9 Å². The van der Waals surface area contributed by atoms with Gasteiger partial charge in [-0.05, 0) is 43.0 Å². The van der Waals surface area contributed by atoms with Gasteiger partial charge in [0.15, 0.2) is 6.61 Å². The predicted molar refractivity (Wildman–Crippen MR) is 112 cm³/mol. The normalized spacial score (nSPS) is 15.3. The minimum atomic E-state index is -3.58. The van der Waals surface area contributed by atoms with Gasteiger partial charge in [-0.25, -0.2) is 8.42 Å². The van der Waals surface area contributed by atoms with Crippen LogP contribution in [0.25, 0.3) is 0 Å². The first-order chi connectivity index (χ1) is 14.0. The zero-order chi connectivity index (χ0) is 20.7. The third-order valence-corrected chi connectivity index (χ3v) is 6.72. The van der Waals surface area contributed by atoms with E-state index in [2.05, 4.69) is 10.5 Å². The number of nitrogens with zero attached hydrogens (tertiary/aromatic N) is 2. The SMILES string of the molecule is Cc1ccc(NC(=O)CO/N=C/c2ccccc2)cc1S(=O)(=O)N1CCCCC1. The van der Waals surface area contributed by atoms with E-state index in [1.165, 1.54) is 16.6 Å². The molecule has 0 spiro atoms. The van der Waals surface area contributed by atoms with Gasteiger partial charge in [-0.15, -0.1) is 0 Å². The number of carbonyl (C=O) groups is 1. The molecule has 0 bridgehead atoms. The smallest absolute Gasteiger partial charge is 0.265 e. The molecule has 7 nitrogen and oxygen atoms in total. The fourth-order valence-corrected chi connectivity index (χ4v) is 4.90. The molecular formula is C21H25N3O4S. The number of piperidine rings is 1. The number of aryl methyl sites for hydroxylation is 1. The van der Waals surface area contributed by atoms with E-state index >= 15 is 0 Å². The zero-order valence-electron chi connectivity index (χ0n) is 16.4. The first-order valence-electron chi connectivity index (χ1n) is 9.58. The number of carbonyl (C=O) groups excluding carboxylic acids is 1. The zero-order valence-corrected chi connectivity index (χ0v) is 17.2. The van der Waals surface area contributed by atoms with Crippen LogP contribution in [-0.4, -0.2) is 44.5 Å².